The SMILES string of the molecule is O=c1cc2c(nn1CCN1CCCCC1CNc1ncnc3[nH]ccc13)CCC2. The molecule has 8 heteroatoms. The highest BCUT2D eigenvalue weighted by Gasteiger charge is 2.23. The molecule has 152 valence electrons. The van der Waals surface area contributed by atoms with Gasteiger partial charge in [-0.3, -0.25) is 9.69 Å². The quantitative estimate of drug-likeness (QED) is 0.665. The van der Waals surface area contributed by atoms with Gasteiger partial charge in [-0.05, 0) is 50.3 Å². The maximum absolute atomic E-state index is 12.4. The van der Waals surface area contributed by atoms with Crippen molar-refractivity contribution < 1.29 is 0 Å². The molecule has 1 unspecified atom stereocenters. The van der Waals surface area contributed by atoms with Gasteiger partial charge in [0.25, 0.3) is 5.56 Å². The maximum atomic E-state index is 12.4. The number of H-pyrrole nitrogens is 1. The van der Waals surface area contributed by atoms with Gasteiger partial charge in [0.2, 0.25) is 0 Å². The van der Waals surface area contributed by atoms with Gasteiger partial charge in [-0.25, -0.2) is 14.6 Å². The summed E-state index contributed by atoms with van der Waals surface area (Å²) >= 11 is 0. The van der Waals surface area contributed by atoms with Crippen molar-refractivity contribution in [3.05, 3.63) is 46.3 Å². The van der Waals surface area contributed by atoms with Crippen LogP contribution < -0.4 is 10.9 Å². The van der Waals surface area contributed by atoms with E-state index in [1.54, 1.807) is 17.1 Å². The van der Waals surface area contributed by atoms with E-state index in [9.17, 15) is 4.79 Å². The summed E-state index contributed by atoms with van der Waals surface area (Å²) in [5.41, 5.74) is 3.14. The van der Waals surface area contributed by atoms with Crippen LogP contribution in [0.15, 0.2) is 29.5 Å². The number of hydrogen-bond acceptors (Lipinski definition) is 6. The minimum Gasteiger partial charge on any atom is -0.368 e. The number of aryl methyl sites for hydroxylation is 2. The van der Waals surface area contributed by atoms with E-state index in [1.165, 1.54) is 12.8 Å². The summed E-state index contributed by atoms with van der Waals surface area (Å²) in [6, 6.07) is 4.22. The minimum atomic E-state index is 0.0353. The van der Waals surface area contributed by atoms with Crippen LogP contribution in [0.4, 0.5) is 5.82 Å². The predicted octanol–water partition coefficient (Wildman–Crippen LogP) is 1.97. The van der Waals surface area contributed by atoms with Gasteiger partial charge in [-0.2, -0.15) is 5.10 Å². The molecule has 5 rings (SSSR count). The van der Waals surface area contributed by atoms with Crippen LogP contribution in [0.25, 0.3) is 11.0 Å². The van der Waals surface area contributed by atoms with Gasteiger partial charge in [-0.1, -0.05) is 6.42 Å². The fraction of sp³-hybridized carbons (Fsp3) is 0.524. The van der Waals surface area contributed by atoms with Crippen molar-refractivity contribution in [2.24, 2.45) is 0 Å². The second-order valence-electron chi connectivity index (χ2n) is 8.06. The lowest BCUT2D eigenvalue weighted by Gasteiger charge is -2.36. The molecule has 2 N–H and O–H groups in total. The Kier molecular flexibility index (Phi) is 5.01. The van der Waals surface area contributed by atoms with Gasteiger partial charge in [0.15, 0.2) is 0 Å². The largest absolute Gasteiger partial charge is 0.368 e. The van der Waals surface area contributed by atoms with Crippen molar-refractivity contribution in [3.8, 4) is 0 Å². The third kappa shape index (κ3) is 3.76. The lowest BCUT2D eigenvalue weighted by molar-refractivity contribution is 0.148. The Balaban J connectivity index is 1.25. The van der Waals surface area contributed by atoms with E-state index in [0.717, 1.165) is 73.4 Å². The highest BCUT2D eigenvalue weighted by molar-refractivity contribution is 5.86. The molecule has 3 aromatic heterocycles. The fourth-order valence-electron chi connectivity index (χ4n) is 4.64. The van der Waals surface area contributed by atoms with Crippen LogP contribution >= 0.6 is 0 Å². The molecule has 1 aliphatic heterocycles. The van der Waals surface area contributed by atoms with Crippen LogP contribution in [-0.4, -0.2) is 55.3 Å². The van der Waals surface area contributed by atoms with E-state index < -0.39 is 0 Å². The zero-order chi connectivity index (χ0) is 19.6. The van der Waals surface area contributed by atoms with Crippen LogP contribution in [-0.2, 0) is 19.4 Å². The molecule has 0 spiro atoms. The van der Waals surface area contributed by atoms with Gasteiger partial charge in [0.1, 0.15) is 17.8 Å². The van der Waals surface area contributed by atoms with Crippen LogP contribution in [0.3, 0.4) is 0 Å². The first-order valence-corrected chi connectivity index (χ1v) is 10.6. The zero-order valence-corrected chi connectivity index (χ0v) is 16.6. The molecule has 1 fully saturated rings. The second kappa shape index (κ2) is 7.94. The zero-order valence-electron chi connectivity index (χ0n) is 16.6. The Morgan fingerprint density at radius 1 is 1.17 bits per heavy atom. The molecule has 1 aliphatic carbocycles. The van der Waals surface area contributed by atoms with Crippen molar-refractivity contribution in [2.45, 2.75) is 51.1 Å². The molecular formula is C21H27N7O. The van der Waals surface area contributed by atoms with E-state index in [1.807, 2.05) is 12.3 Å². The molecule has 0 aromatic carbocycles. The molecule has 3 aromatic rings. The van der Waals surface area contributed by atoms with Gasteiger partial charge in [-0.15, -0.1) is 0 Å². The number of rotatable bonds is 6. The van der Waals surface area contributed by atoms with Gasteiger partial charge >= 0.3 is 0 Å². The van der Waals surface area contributed by atoms with Crippen molar-refractivity contribution in [1.82, 2.24) is 29.6 Å². The number of likely N-dealkylation sites (tertiary alicyclic amines) is 1. The van der Waals surface area contributed by atoms with Crippen LogP contribution in [0.1, 0.15) is 36.9 Å². The van der Waals surface area contributed by atoms with Gasteiger partial charge in [0, 0.05) is 31.4 Å². The minimum absolute atomic E-state index is 0.0353. The molecule has 8 nitrogen and oxygen atoms in total. The van der Waals surface area contributed by atoms with Crippen LogP contribution in [0, 0.1) is 0 Å². The third-order valence-corrected chi connectivity index (χ3v) is 6.23. The molecule has 0 saturated carbocycles. The number of aromatic nitrogens is 5. The third-order valence-electron chi connectivity index (χ3n) is 6.23. The van der Waals surface area contributed by atoms with E-state index >= 15 is 0 Å². The predicted molar refractivity (Wildman–Crippen MR) is 112 cm³/mol. The molecule has 1 atom stereocenters. The monoisotopic (exact) mass is 393 g/mol. The molecule has 1 saturated heterocycles. The number of anilines is 1. The summed E-state index contributed by atoms with van der Waals surface area (Å²) in [6.45, 7) is 3.40. The van der Waals surface area contributed by atoms with Crippen LogP contribution in [0.2, 0.25) is 0 Å². The summed E-state index contributed by atoms with van der Waals surface area (Å²) in [5.74, 6) is 0.873. The normalized spacial score (nSPS) is 19.5. The van der Waals surface area contributed by atoms with Crippen molar-refractivity contribution >= 4 is 16.9 Å². The summed E-state index contributed by atoms with van der Waals surface area (Å²) < 4.78 is 1.66. The molecule has 4 heterocycles. The number of nitrogens with one attached hydrogen (secondary N) is 2. The Hall–Kier alpha value is -2.74. The standard InChI is InChI=1S/C21H27N7O/c29-19-12-15-4-3-6-18(15)26-28(19)11-10-27-9-2-1-5-16(27)13-23-21-17-7-8-22-20(17)24-14-25-21/h7-8,12,14,16H,1-6,9-11,13H2,(H2,22,23,24,25). The summed E-state index contributed by atoms with van der Waals surface area (Å²) in [5, 5.41) is 9.16. The summed E-state index contributed by atoms with van der Waals surface area (Å²) in [6.07, 6.45) is 10.2. The van der Waals surface area contributed by atoms with E-state index in [4.69, 9.17) is 0 Å². The Bertz CT molecular complexity index is 1060. The Morgan fingerprint density at radius 2 is 2.14 bits per heavy atom. The number of fused-ring (bicyclic) bond motifs is 2. The summed E-state index contributed by atoms with van der Waals surface area (Å²) in [7, 11) is 0. The first-order chi connectivity index (χ1) is 14.3. The van der Waals surface area contributed by atoms with Crippen molar-refractivity contribution in [3.63, 3.8) is 0 Å². The molecule has 0 amide bonds. The molecule has 29 heavy (non-hydrogen) atoms. The van der Waals surface area contributed by atoms with Crippen LogP contribution in [0.5, 0.6) is 0 Å². The van der Waals surface area contributed by atoms with Crippen molar-refractivity contribution in [1.29, 1.82) is 0 Å². The maximum Gasteiger partial charge on any atom is 0.267 e. The number of nitrogens with zero attached hydrogens (tertiary/aromatic N) is 5. The molecule has 0 radical (unpaired) electrons. The smallest absolute Gasteiger partial charge is 0.267 e. The lowest BCUT2D eigenvalue weighted by Crippen LogP contribution is -2.45. The highest BCUT2D eigenvalue weighted by Crippen LogP contribution is 2.21. The summed E-state index contributed by atoms with van der Waals surface area (Å²) in [4.78, 5) is 26.7. The fourth-order valence-corrected chi connectivity index (χ4v) is 4.64. The second-order valence-corrected chi connectivity index (χ2v) is 8.06. The van der Waals surface area contributed by atoms with E-state index in [-0.39, 0.29) is 5.56 Å². The van der Waals surface area contributed by atoms with Crippen molar-refractivity contribution in [2.75, 3.05) is 25.0 Å². The van der Waals surface area contributed by atoms with E-state index in [2.05, 4.69) is 30.3 Å². The molecular weight excluding hydrogens is 366 g/mol. The average Bonchev–Trinajstić information content (AvgIpc) is 3.40. The number of piperidine rings is 1. The first kappa shape index (κ1) is 18.3. The topological polar surface area (TPSA) is 91.7 Å². The molecule has 0 bridgehead atoms. The average molecular weight is 393 g/mol. The molecule has 2 aliphatic rings. The van der Waals surface area contributed by atoms with Gasteiger partial charge in [0.05, 0.1) is 17.6 Å². The lowest BCUT2D eigenvalue weighted by atomic mass is 10.0. The first-order valence-electron chi connectivity index (χ1n) is 10.6. The number of hydrogen-bond donors (Lipinski definition) is 2. The Morgan fingerprint density at radius 3 is 3.10 bits per heavy atom. The van der Waals surface area contributed by atoms with Gasteiger partial charge < -0.3 is 10.3 Å². The Labute approximate surface area is 169 Å². The number of aromatic amines is 1. The highest BCUT2D eigenvalue weighted by atomic mass is 16.1. The van der Waals surface area contributed by atoms with E-state index in [0.29, 0.717) is 12.6 Å².